The van der Waals surface area contributed by atoms with Gasteiger partial charge in [-0.15, -0.1) is 0 Å². The van der Waals surface area contributed by atoms with Crippen LogP contribution in [-0.2, 0) is 9.53 Å². The van der Waals surface area contributed by atoms with Gasteiger partial charge >= 0.3 is 12.0 Å². The fourth-order valence-corrected chi connectivity index (χ4v) is 1.47. The van der Waals surface area contributed by atoms with Crippen LogP contribution >= 0.6 is 0 Å². The zero-order chi connectivity index (χ0) is 14.4. The average Bonchev–Trinajstić information content (AvgIpc) is 2.38. The first kappa shape index (κ1) is 15.0. The normalized spacial score (nSPS) is 13.3. The Morgan fingerprint density at radius 2 is 1.79 bits per heavy atom. The Balaban J connectivity index is 2.55. The maximum Gasteiger partial charge on any atom is 0.328 e. The fraction of sp³-hybridized carbons (Fsp3) is 0.385. The van der Waals surface area contributed by atoms with Crippen LogP contribution in [0.2, 0.25) is 0 Å². The summed E-state index contributed by atoms with van der Waals surface area (Å²) in [5.74, 6) is -0.498. The lowest BCUT2D eigenvalue weighted by atomic mass is 10.1. The molecule has 0 heterocycles. The van der Waals surface area contributed by atoms with Crippen molar-refractivity contribution in [1.29, 1.82) is 0 Å². The maximum absolute atomic E-state index is 11.6. The van der Waals surface area contributed by atoms with Gasteiger partial charge in [0.1, 0.15) is 6.04 Å². The molecule has 6 heteroatoms. The number of rotatable bonds is 4. The highest BCUT2D eigenvalue weighted by Crippen LogP contribution is 2.13. The Labute approximate surface area is 112 Å². The molecule has 0 aliphatic rings. The Hall–Kier alpha value is -2.08. The summed E-state index contributed by atoms with van der Waals surface area (Å²) in [5.41, 5.74) is 7.33. The molecule has 0 spiro atoms. The first-order valence-electron chi connectivity index (χ1n) is 5.95. The number of benzene rings is 1. The van der Waals surface area contributed by atoms with Crippen molar-refractivity contribution in [3.05, 3.63) is 29.8 Å². The highest BCUT2D eigenvalue weighted by atomic mass is 16.5. The summed E-state index contributed by atoms with van der Waals surface area (Å²) < 4.78 is 4.51. The Bertz CT molecular complexity index is 443. The quantitative estimate of drug-likeness (QED) is 0.717. The number of urea groups is 1. The Morgan fingerprint density at radius 3 is 2.26 bits per heavy atom. The van der Waals surface area contributed by atoms with Crippen LogP contribution in [0.25, 0.3) is 0 Å². The summed E-state index contributed by atoms with van der Waals surface area (Å²) in [6.45, 7) is 3.43. The van der Waals surface area contributed by atoms with Gasteiger partial charge in [0.15, 0.2) is 0 Å². The number of amides is 2. The molecular formula is C13H19N3O3. The molecule has 0 saturated heterocycles. The van der Waals surface area contributed by atoms with Crippen molar-refractivity contribution >= 4 is 17.7 Å². The molecule has 0 radical (unpaired) electrons. The van der Waals surface area contributed by atoms with E-state index in [9.17, 15) is 9.59 Å². The molecule has 4 N–H and O–H groups in total. The zero-order valence-corrected chi connectivity index (χ0v) is 11.3. The van der Waals surface area contributed by atoms with E-state index in [0.717, 1.165) is 5.56 Å². The largest absolute Gasteiger partial charge is 0.467 e. The lowest BCUT2D eigenvalue weighted by Crippen LogP contribution is -2.41. The van der Waals surface area contributed by atoms with Crippen molar-refractivity contribution in [2.24, 2.45) is 5.73 Å². The molecule has 0 bridgehead atoms. The van der Waals surface area contributed by atoms with Crippen molar-refractivity contribution in [3.63, 3.8) is 0 Å². The molecule has 1 aromatic carbocycles. The summed E-state index contributed by atoms with van der Waals surface area (Å²) in [4.78, 5) is 22.7. The van der Waals surface area contributed by atoms with Crippen LogP contribution in [0.15, 0.2) is 24.3 Å². The van der Waals surface area contributed by atoms with E-state index in [1.54, 1.807) is 19.1 Å². The molecule has 0 saturated carbocycles. The second-order valence-corrected chi connectivity index (χ2v) is 4.25. The van der Waals surface area contributed by atoms with Gasteiger partial charge in [-0.05, 0) is 31.5 Å². The van der Waals surface area contributed by atoms with Gasteiger partial charge in [0.2, 0.25) is 0 Å². The van der Waals surface area contributed by atoms with E-state index < -0.39 is 18.0 Å². The maximum atomic E-state index is 11.6. The van der Waals surface area contributed by atoms with Crippen molar-refractivity contribution in [2.45, 2.75) is 25.9 Å². The van der Waals surface area contributed by atoms with Gasteiger partial charge in [0, 0.05) is 11.7 Å². The number of anilines is 1. The SMILES string of the molecule is COC(=O)C(C)NC(=O)Nc1ccc(C(C)N)cc1. The van der Waals surface area contributed by atoms with Gasteiger partial charge in [0.25, 0.3) is 0 Å². The van der Waals surface area contributed by atoms with E-state index in [-0.39, 0.29) is 6.04 Å². The second kappa shape index (κ2) is 6.75. The van der Waals surface area contributed by atoms with Crippen LogP contribution in [-0.4, -0.2) is 25.2 Å². The van der Waals surface area contributed by atoms with Crippen LogP contribution in [0.3, 0.4) is 0 Å². The van der Waals surface area contributed by atoms with Gasteiger partial charge in [-0.3, -0.25) is 0 Å². The number of hydrogen-bond donors (Lipinski definition) is 3. The van der Waals surface area contributed by atoms with E-state index in [1.807, 2.05) is 19.1 Å². The lowest BCUT2D eigenvalue weighted by Gasteiger charge is -2.13. The standard InChI is InChI=1S/C13H19N3O3/c1-8(14)10-4-6-11(7-5-10)16-13(18)15-9(2)12(17)19-3/h4-9H,14H2,1-3H3,(H2,15,16,18). The van der Waals surface area contributed by atoms with Crippen LogP contribution in [0, 0.1) is 0 Å². The summed E-state index contributed by atoms with van der Waals surface area (Å²) in [7, 11) is 1.27. The predicted molar refractivity (Wildman–Crippen MR) is 72.7 cm³/mol. The highest BCUT2D eigenvalue weighted by Gasteiger charge is 2.15. The first-order chi connectivity index (χ1) is 8.93. The van der Waals surface area contributed by atoms with E-state index in [0.29, 0.717) is 5.69 Å². The second-order valence-electron chi connectivity index (χ2n) is 4.25. The number of esters is 1. The smallest absolute Gasteiger partial charge is 0.328 e. The third-order valence-corrected chi connectivity index (χ3v) is 2.60. The molecule has 1 rings (SSSR count). The molecule has 6 nitrogen and oxygen atoms in total. The minimum absolute atomic E-state index is 0.0535. The minimum atomic E-state index is -0.701. The van der Waals surface area contributed by atoms with Crippen molar-refractivity contribution in [1.82, 2.24) is 5.32 Å². The minimum Gasteiger partial charge on any atom is -0.467 e. The Kier molecular flexibility index (Phi) is 5.32. The number of nitrogens with two attached hydrogens (primary N) is 1. The molecule has 0 aromatic heterocycles. The molecule has 0 fully saturated rings. The molecule has 0 aliphatic carbocycles. The van der Waals surface area contributed by atoms with Gasteiger partial charge in [-0.1, -0.05) is 12.1 Å². The summed E-state index contributed by atoms with van der Waals surface area (Å²) in [6, 6.07) is 5.96. The fourth-order valence-electron chi connectivity index (χ4n) is 1.47. The number of carbonyl (C=O) groups excluding carboxylic acids is 2. The van der Waals surface area contributed by atoms with Crippen molar-refractivity contribution < 1.29 is 14.3 Å². The Morgan fingerprint density at radius 1 is 1.21 bits per heavy atom. The van der Waals surface area contributed by atoms with Crippen molar-refractivity contribution in [2.75, 3.05) is 12.4 Å². The summed E-state index contributed by atoms with van der Waals surface area (Å²) >= 11 is 0. The van der Waals surface area contributed by atoms with Crippen LogP contribution in [0.5, 0.6) is 0 Å². The van der Waals surface area contributed by atoms with E-state index in [4.69, 9.17) is 5.73 Å². The zero-order valence-electron chi connectivity index (χ0n) is 11.3. The monoisotopic (exact) mass is 265 g/mol. The molecule has 2 unspecified atom stereocenters. The lowest BCUT2D eigenvalue weighted by molar-refractivity contribution is -0.142. The molecule has 0 aliphatic heterocycles. The highest BCUT2D eigenvalue weighted by molar-refractivity contribution is 5.92. The van der Waals surface area contributed by atoms with E-state index in [2.05, 4.69) is 15.4 Å². The topological polar surface area (TPSA) is 93.4 Å². The summed E-state index contributed by atoms with van der Waals surface area (Å²) in [6.07, 6.45) is 0. The number of nitrogens with one attached hydrogen (secondary N) is 2. The number of methoxy groups -OCH3 is 1. The van der Waals surface area contributed by atoms with Gasteiger partial charge in [-0.25, -0.2) is 9.59 Å². The molecule has 104 valence electrons. The third kappa shape index (κ3) is 4.59. The third-order valence-electron chi connectivity index (χ3n) is 2.60. The van der Waals surface area contributed by atoms with Crippen LogP contribution in [0.4, 0.5) is 10.5 Å². The van der Waals surface area contributed by atoms with Gasteiger partial charge < -0.3 is 21.1 Å². The first-order valence-corrected chi connectivity index (χ1v) is 5.95. The molecule has 19 heavy (non-hydrogen) atoms. The molecule has 1 aromatic rings. The molecule has 2 atom stereocenters. The number of ether oxygens (including phenoxy) is 1. The molecule has 2 amide bonds. The van der Waals surface area contributed by atoms with Crippen molar-refractivity contribution in [3.8, 4) is 0 Å². The predicted octanol–water partition coefficient (Wildman–Crippen LogP) is 1.39. The van der Waals surface area contributed by atoms with E-state index in [1.165, 1.54) is 7.11 Å². The number of hydrogen-bond acceptors (Lipinski definition) is 4. The van der Waals surface area contributed by atoms with Gasteiger partial charge in [-0.2, -0.15) is 0 Å². The average molecular weight is 265 g/mol. The van der Waals surface area contributed by atoms with E-state index >= 15 is 0 Å². The van der Waals surface area contributed by atoms with Crippen LogP contribution in [0.1, 0.15) is 25.5 Å². The number of carbonyl (C=O) groups is 2. The molecular weight excluding hydrogens is 246 g/mol. The summed E-state index contributed by atoms with van der Waals surface area (Å²) in [5, 5.41) is 5.09. The van der Waals surface area contributed by atoms with Crippen LogP contribution < -0.4 is 16.4 Å². The van der Waals surface area contributed by atoms with Gasteiger partial charge in [0.05, 0.1) is 7.11 Å².